The number of nitrogens with zero attached hydrogens (tertiary/aromatic N) is 1. The molecule has 216 valence electrons. The molecule has 0 saturated carbocycles. The molecule has 0 fully saturated rings. The molecule has 2 heterocycles. The predicted molar refractivity (Wildman–Crippen MR) is 174 cm³/mol. The summed E-state index contributed by atoms with van der Waals surface area (Å²) < 4.78 is 0. The van der Waals surface area contributed by atoms with E-state index in [9.17, 15) is 4.79 Å². The summed E-state index contributed by atoms with van der Waals surface area (Å²) in [6.45, 7) is 13.1. The van der Waals surface area contributed by atoms with Crippen molar-refractivity contribution in [3.63, 3.8) is 0 Å². The maximum absolute atomic E-state index is 13.2. The lowest BCUT2D eigenvalue weighted by molar-refractivity contribution is -0.125. The van der Waals surface area contributed by atoms with Crippen LogP contribution in [-0.4, -0.2) is 32.4 Å². The maximum Gasteiger partial charge on any atom is 0.240 e. The van der Waals surface area contributed by atoms with Crippen LogP contribution in [0.5, 0.6) is 0 Å². The molecule has 0 aliphatic heterocycles. The Labute approximate surface area is 248 Å². The summed E-state index contributed by atoms with van der Waals surface area (Å²) in [5, 5.41) is 5.61. The number of allylic oxidation sites excluding steroid dienone is 1. The number of H-pyrrole nitrogens is 2. The van der Waals surface area contributed by atoms with Crippen molar-refractivity contribution in [2.75, 3.05) is 0 Å². The van der Waals surface area contributed by atoms with E-state index in [4.69, 9.17) is 5.73 Å². The van der Waals surface area contributed by atoms with E-state index >= 15 is 0 Å². The zero-order chi connectivity index (χ0) is 29.7. The molecule has 0 radical (unpaired) electrons. The highest BCUT2D eigenvalue weighted by Crippen LogP contribution is 2.27. The van der Waals surface area contributed by atoms with Crippen LogP contribution >= 0.6 is 0 Å². The van der Waals surface area contributed by atoms with Gasteiger partial charge in [-0.05, 0) is 61.9 Å². The first-order chi connectivity index (χ1) is 20.2. The molecule has 1 atom stereocenters. The molecule has 3 aromatic carbocycles. The number of aromatic amines is 2. The Morgan fingerprint density at radius 2 is 1.45 bits per heavy atom. The van der Waals surface area contributed by atoms with Crippen LogP contribution in [0.15, 0.2) is 116 Å². The summed E-state index contributed by atoms with van der Waals surface area (Å²) in [5.41, 5.74) is 12.7. The standard InChI is InChI=1S/C36H41N5O/c1-25(13-12-16-28-22-38-32-19-10-8-17-30(28)32)41(24-27-14-6-5-7-15-27)26(2)34(40-35(42)36(3,4)37)21-29-23-39-33-20-11-9-18-31(29)33/h5-11,14-15,17-20,22-23,34,38-39H,1-2,12-13,16,21,24,37H2,3-4H3,(H,40,42)/t34-/m1/s1. The number of hydrogen-bond donors (Lipinski definition) is 4. The van der Waals surface area contributed by atoms with Crippen molar-refractivity contribution in [2.24, 2.45) is 5.73 Å². The van der Waals surface area contributed by atoms with Crippen molar-refractivity contribution in [1.29, 1.82) is 0 Å². The van der Waals surface area contributed by atoms with Gasteiger partial charge in [0, 0.05) is 58.6 Å². The molecule has 5 rings (SSSR count). The number of carbonyl (C=O) groups excluding carboxylic acids is 1. The Kier molecular flexibility index (Phi) is 8.64. The van der Waals surface area contributed by atoms with Crippen LogP contribution in [0.3, 0.4) is 0 Å². The maximum atomic E-state index is 13.2. The van der Waals surface area contributed by atoms with Gasteiger partial charge in [-0.1, -0.05) is 79.9 Å². The third kappa shape index (κ3) is 6.67. The third-order valence-electron chi connectivity index (χ3n) is 7.89. The normalized spacial score (nSPS) is 12.4. The average Bonchev–Trinajstić information content (AvgIpc) is 3.59. The monoisotopic (exact) mass is 559 g/mol. The number of fused-ring (bicyclic) bond motifs is 2. The van der Waals surface area contributed by atoms with Gasteiger partial charge in [-0.25, -0.2) is 0 Å². The molecule has 42 heavy (non-hydrogen) atoms. The second kappa shape index (κ2) is 12.5. The SMILES string of the molecule is C=C(CCCc1c[nH]c2ccccc12)N(Cc1ccccc1)C(=C)[C@@H](Cc1c[nH]c2ccccc12)NC(=O)C(C)(C)N. The number of hydrogen-bond acceptors (Lipinski definition) is 3. The largest absolute Gasteiger partial charge is 0.361 e. The average molecular weight is 560 g/mol. The van der Waals surface area contributed by atoms with Crippen LogP contribution in [-0.2, 0) is 24.2 Å². The summed E-state index contributed by atoms with van der Waals surface area (Å²) in [6, 6.07) is 26.5. The second-order valence-electron chi connectivity index (χ2n) is 11.7. The highest BCUT2D eigenvalue weighted by molar-refractivity contribution is 5.86. The second-order valence-corrected chi connectivity index (χ2v) is 11.7. The Hall–Kier alpha value is -4.55. The van der Waals surface area contributed by atoms with Crippen molar-refractivity contribution < 1.29 is 4.79 Å². The lowest BCUT2D eigenvalue weighted by atomic mass is 9.98. The smallest absolute Gasteiger partial charge is 0.240 e. The summed E-state index contributed by atoms with van der Waals surface area (Å²) in [5.74, 6) is -0.224. The van der Waals surface area contributed by atoms with E-state index in [2.05, 4.69) is 88.1 Å². The van der Waals surface area contributed by atoms with Gasteiger partial charge in [0.15, 0.2) is 0 Å². The quantitative estimate of drug-likeness (QED) is 0.126. The van der Waals surface area contributed by atoms with Gasteiger partial charge in [0.1, 0.15) is 0 Å². The summed E-state index contributed by atoms with van der Waals surface area (Å²) in [4.78, 5) is 22.1. The Balaban J connectivity index is 1.39. The topological polar surface area (TPSA) is 89.9 Å². The van der Waals surface area contributed by atoms with Crippen LogP contribution in [0.1, 0.15) is 43.4 Å². The van der Waals surface area contributed by atoms with Crippen LogP contribution < -0.4 is 11.1 Å². The van der Waals surface area contributed by atoms with Crippen LogP contribution in [0, 0.1) is 0 Å². The van der Waals surface area contributed by atoms with E-state index in [1.165, 1.54) is 10.9 Å². The molecule has 0 bridgehead atoms. The van der Waals surface area contributed by atoms with Crippen molar-refractivity contribution in [3.05, 3.63) is 132 Å². The number of nitrogens with two attached hydrogens (primary N) is 1. The minimum absolute atomic E-state index is 0.224. The molecule has 1 amide bonds. The molecular weight excluding hydrogens is 518 g/mol. The molecule has 5 aromatic rings. The molecular formula is C36H41N5O. The first kappa shape index (κ1) is 29.0. The number of aromatic nitrogens is 2. The first-order valence-electron chi connectivity index (χ1n) is 14.6. The number of nitrogens with one attached hydrogen (secondary N) is 3. The zero-order valence-corrected chi connectivity index (χ0v) is 24.6. The highest BCUT2D eigenvalue weighted by Gasteiger charge is 2.29. The first-order valence-corrected chi connectivity index (χ1v) is 14.6. The van der Waals surface area contributed by atoms with Gasteiger partial charge < -0.3 is 25.9 Å². The fourth-order valence-electron chi connectivity index (χ4n) is 5.44. The van der Waals surface area contributed by atoms with Gasteiger partial charge in [-0.2, -0.15) is 0 Å². The molecule has 0 spiro atoms. The molecule has 6 nitrogen and oxygen atoms in total. The Bertz CT molecular complexity index is 1690. The van der Waals surface area contributed by atoms with Crippen LogP contribution in [0.2, 0.25) is 0 Å². The van der Waals surface area contributed by atoms with E-state index < -0.39 is 5.54 Å². The molecule has 0 aliphatic rings. The number of rotatable bonds is 13. The van der Waals surface area contributed by atoms with Gasteiger partial charge in [0.05, 0.1) is 11.6 Å². The van der Waals surface area contributed by atoms with Crippen LogP contribution in [0.25, 0.3) is 21.8 Å². The minimum Gasteiger partial charge on any atom is -0.361 e. The number of para-hydroxylation sites is 2. The minimum atomic E-state index is -1.03. The molecule has 0 unspecified atom stereocenters. The van der Waals surface area contributed by atoms with Gasteiger partial charge in [0.2, 0.25) is 5.91 Å². The highest BCUT2D eigenvalue weighted by atomic mass is 16.2. The van der Waals surface area contributed by atoms with E-state index in [-0.39, 0.29) is 11.9 Å². The number of amides is 1. The lowest BCUT2D eigenvalue weighted by Crippen LogP contribution is -2.54. The van der Waals surface area contributed by atoms with Crippen molar-refractivity contribution in [1.82, 2.24) is 20.2 Å². The van der Waals surface area contributed by atoms with E-state index in [0.717, 1.165) is 58.2 Å². The number of benzene rings is 3. The molecule has 6 heteroatoms. The van der Waals surface area contributed by atoms with E-state index in [1.54, 1.807) is 13.8 Å². The van der Waals surface area contributed by atoms with Gasteiger partial charge in [-0.3, -0.25) is 4.79 Å². The lowest BCUT2D eigenvalue weighted by Gasteiger charge is -2.35. The molecule has 0 saturated heterocycles. The summed E-state index contributed by atoms with van der Waals surface area (Å²) >= 11 is 0. The zero-order valence-electron chi connectivity index (χ0n) is 24.6. The molecule has 2 aromatic heterocycles. The Morgan fingerprint density at radius 3 is 2.10 bits per heavy atom. The van der Waals surface area contributed by atoms with Gasteiger partial charge in [0.25, 0.3) is 0 Å². The number of aryl methyl sites for hydroxylation is 1. The Morgan fingerprint density at radius 1 is 0.881 bits per heavy atom. The van der Waals surface area contributed by atoms with Gasteiger partial charge >= 0.3 is 0 Å². The van der Waals surface area contributed by atoms with Gasteiger partial charge in [-0.15, -0.1) is 0 Å². The predicted octanol–water partition coefficient (Wildman–Crippen LogP) is 6.97. The number of carbonyl (C=O) groups is 1. The van der Waals surface area contributed by atoms with E-state index in [1.807, 2.05) is 36.5 Å². The molecule has 0 aliphatic carbocycles. The van der Waals surface area contributed by atoms with E-state index in [0.29, 0.717) is 13.0 Å². The fourth-order valence-corrected chi connectivity index (χ4v) is 5.44. The van der Waals surface area contributed by atoms with Crippen molar-refractivity contribution in [2.45, 2.75) is 57.7 Å². The fraction of sp³-hybridized carbons (Fsp3) is 0.250. The summed E-state index contributed by atoms with van der Waals surface area (Å²) in [6.07, 6.45) is 7.36. The summed E-state index contributed by atoms with van der Waals surface area (Å²) in [7, 11) is 0. The van der Waals surface area contributed by atoms with Crippen LogP contribution in [0.4, 0.5) is 0 Å². The van der Waals surface area contributed by atoms with Crippen molar-refractivity contribution >= 4 is 27.7 Å². The van der Waals surface area contributed by atoms with Crippen molar-refractivity contribution in [3.8, 4) is 0 Å². The third-order valence-corrected chi connectivity index (χ3v) is 7.89. The molecule has 5 N–H and O–H groups in total.